The highest BCUT2D eigenvalue weighted by atomic mass is 16.5. The fourth-order valence-electron chi connectivity index (χ4n) is 0.768. The smallest absolute Gasteiger partial charge is 0.0775 e. The van der Waals surface area contributed by atoms with Crippen molar-refractivity contribution >= 4 is 0 Å². The van der Waals surface area contributed by atoms with Gasteiger partial charge in [-0.1, -0.05) is 26.0 Å². The van der Waals surface area contributed by atoms with Gasteiger partial charge in [0.15, 0.2) is 0 Å². The molecule has 0 unspecified atom stereocenters. The van der Waals surface area contributed by atoms with Crippen LogP contribution in [-0.4, -0.2) is 24.9 Å². The van der Waals surface area contributed by atoms with E-state index >= 15 is 0 Å². The average molecular weight is 144 g/mol. The first kappa shape index (κ1) is 9.66. The monoisotopic (exact) mass is 144 g/mol. The summed E-state index contributed by atoms with van der Waals surface area (Å²) in [5.74, 6) is 0.466. The second-order valence-electron chi connectivity index (χ2n) is 2.56. The van der Waals surface area contributed by atoms with Crippen LogP contribution in [-0.2, 0) is 4.74 Å². The minimum Gasteiger partial charge on any atom is -0.392 e. The fourth-order valence-corrected chi connectivity index (χ4v) is 0.768. The van der Waals surface area contributed by atoms with Crippen LogP contribution in [0, 0.1) is 5.92 Å². The third-order valence-electron chi connectivity index (χ3n) is 1.36. The Hall–Kier alpha value is -0.340. The van der Waals surface area contributed by atoms with Crippen molar-refractivity contribution in [1.29, 1.82) is 0 Å². The normalized spacial score (nSPS) is 14.9. The molecule has 2 nitrogen and oxygen atoms in total. The molecule has 0 spiro atoms. The molecule has 1 N–H and O–H groups in total. The van der Waals surface area contributed by atoms with Crippen molar-refractivity contribution in [2.75, 3.05) is 13.7 Å². The molecule has 2 heteroatoms. The van der Waals surface area contributed by atoms with Gasteiger partial charge in [-0.15, -0.1) is 0 Å². The van der Waals surface area contributed by atoms with Crippen molar-refractivity contribution in [2.24, 2.45) is 5.92 Å². The fraction of sp³-hybridized carbons (Fsp3) is 0.750. The van der Waals surface area contributed by atoms with Crippen LogP contribution in [0.4, 0.5) is 0 Å². The average Bonchev–Trinajstić information content (AvgIpc) is 1.89. The number of hydrogen-bond acceptors (Lipinski definition) is 2. The van der Waals surface area contributed by atoms with Crippen LogP contribution in [0.1, 0.15) is 13.8 Å². The largest absolute Gasteiger partial charge is 0.392 e. The van der Waals surface area contributed by atoms with Gasteiger partial charge in [0.1, 0.15) is 0 Å². The van der Waals surface area contributed by atoms with Crippen molar-refractivity contribution in [3.05, 3.63) is 12.2 Å². The molecule has 0 saturated carbocycles. The van der Waals surface area contributed by atoms with Crippen molar-refractivity contribution in [1.82, 2.24) is 0 Å². The van der Waals surface area contributed by atoms with E-state index in [1.54, 1.807) is 13.2 Å². The van der Waals surface area contributed by atoms with Crippen molar-refractivity contribution in [2.45, 2.75) is 20.0 Å². The highest BCUT2D eigenvalue weighted by Crippen LogP contribution is 2.05. The minimum absolute atomic E-state index is 0.0899. The lowest BCUT2D eigenvalue weighted by atomic mass is 10.1. The Morgan fingerprint density at radius 3 is 2.40 bits per heavy atom. The summed E-state index contributed by atoms with van der Waals surface area (Å²) in [5, 5.41) is 8.45. The summed E-state index contributed by atoms with van der Waals surface area (Å²) in [4.78, 5) is 0. The van der Waals surface area contributed by atoms with E-state index in [1.807, 2.05) is 6.08 Å². The zero-order valence-electron chi connectivity index (χ0n) is 6.87. The van der Waals surface area contributed by atoms with Crippen LogP contribution in [0.3, 0.4) is 0 Å². The maximum absolute atomic E-state index is 8.45. The Morgan fingerprint density at radius 1 is 1.50 bits per heavy atom. The standard InChI is InChI=1S/C8H16O2/c1-7(2)8(10-3)5-4-6-9/h4-5,7-9H,6H2,1-3H3/b5-4+/t8-/m1/s1. The van der Waals surface area contributed by atoms with Gasteiger partial charge >= 0.3 is 0 Å². The van der Waals surface area contributed by atoms with E-state index in [0.717, 1.165) is 0 Å². The van der Waals surface area contributed by atoms with Gasteiger partial charge in [0, 0.05) is 7.11 Å². The highest BCUT2D eigenvalue weighted by molar-refractivity contribution is 4.90. The lowest BCUT2D eigenvalue weighted by Crippen LogP contribution is -2.14. The van der Waals surface area contributed by atoms with Gasteiger partial charge < -0.3 is 9.84 Å². The summed E-state index contributed by atoms with van der Waals surface area (Å²) in [6.45, 7) is 4.25. The van der Waals surface area contributed by atoms with Gasteiger partial charge in [0.2, 0.25) is 0 Å². The van der Waals surface area contributed by atoms with Gasteiger partial charge in [-0.25, -0.2) is 0 Å². The van der Waals surface area contributed by atoms with Gasteiger partial charge in [0.05, 0.1) is 12.7 Å². The van der Waals surface area contributed by atoms with Crippen molar-refractivity contribution in [3.63, 3.8) is 0 Å². The van der Waals surface area contributed by atoms with Crippen LogP contribution in [0.15, 0.2) is 12.2 Å². The van der Waals surface area contributed by atoms with E-state index in [2.05, 4.69) is 13.8 Å². The summed E-state index contributed by atoms with van der Waals surface area (Å²) in [5.41, 5.74) is 0. The lowest BCUT2D eigenvalue weighted by Gasteiger charge is -2.13. The predicted octanol–water partition coefficient (Wildman–Crippen LogP) is 1.21. The number of rotatable bonds is 4. The lowest BCUT2D eigenvalue weighted by molar-refractivity contribution is 0.103. The second kappa shape index (κ2) is 5.45. The Balaban J connectivity index is 3.71. The number of hydrogen-bond donors (Lipinski definition) is 1. The van der Waals surface area contributed by atoms with Crippen LogP contribution >= 0.6 is 0 Å². The second-order valence-corrected chi connectivity index (χ2v) is 2.56. The van der Waals surface area contributed by atoms with Crippen LogP contribution in [0.2, 0.25) is 0 Å². The molecule has 10 heavy (non-hydrogen) atoms. The molecule has 0 aliphatic carbocycles. The topological polar surface area (TPSA) is 29.5 Å². The zero-order valence-corrected chi connectivity index (χ0v) is 6.87. The quantitative estimate of drug-likeness (QED) is 0.601. The Bertz CT molecular complexity index is 97.4. The van der Waals surface area contributed by atoms with Crippen LogP contribution in [0.5, 0.6) is 0 Å². The molecular weight excluding hydrogens is 128 g/mol. The van der Waals surface area contributed by atoms with E-state index in [4.69, 9.17) is 9.84 Å². The van der Waals surface area contributed by atoms with Gasteiger partial charge in [-0.2, -0.15) is 0 Å². The SMILES string of the molecule is CO[C@H](/C=C/CO)C(C)C. The molecule has 60 valence electrons. The Labute approximate surface area is 62.5 Å². The minimum atomic E-state index is 0.0899. The van der Waals surface area contributed by atoms with Crippen LogP contribution in [0.25, 0.3) is 0 Å². The summed E-state index contributed by atoms with van der Waals surface area (Å²) in [6.07, 6.45) is 3.71. The van der Waals surface area contributed by atoms with E-state index in [1.165, 1.54) is 0 Å². The molecule has 0 radical (unpaired) electrons. The molecule has 0 aromatic heterocycles. The molecule has 0 aliphatic heterocycles. The molecule has 0 rings (SSSR count). The number of aliphatic hydroxyl groups is 1. The molecule has 0 saturated heterocycles. The van der Waals surface area contributed by atoms with Crippen LogP contribution < -0.4 is 0 Å². The molecule has 0 aromatic carbocycles. The van der Waals surface area contributed by atoms with E-state index < -0.39 is 0 Å². The van der Waals surface area contributed by atoms with Gasteiger partial charge in [0.25, 0.3) is 0 Å². The first-order valence-electron chi connectivity index (χ1n) is 3.52. The summed E-state index contributed by atoms with van der Waals surface area (Å²) in [6, 6.07) is 0. The third kappa shape index (κ3) is 3.64. The van der Waals surface area contributed by atoms with Gasteiger partial charge in [-0.3, -0.25) is 0 Å². The number of methoxy groups -OCH3 is 1. The van der Waals surface area contributed by atoms with E-state index in [9.17, 15) is 0 Å². The van der Waals surface area contributed by atoms with Crippen molar-refractivity contribution in [3.8, 4) is 0 Å². The molecule has 0 heterocycles. The van der Waals surface area contributed by atoms with Crippen molar-refractivity contribution < 1.29 is 9.84 Å². The molecule has 0 aromatic rings. The number of aliphatic hydroxyl groups excluding tert-OH is 1. The Kier molecular flexibility index (Phi) is 5.26. The molecule has 0 amide bonds. The predicted molar refractivity (Wildman–Crippen MR) is 41.9 cm³/mol. The van der Waals surface area contributed by atoms with E-state index in [0.29, 0.717) is 5.92 Å². The number of ether oxygens (including phenoxy) is 1. The first-order chi connectivity index (χ1) is 4.72. The molecule has 1 atom stereocenters. The van der Waals surface area contributed by atoms with Gasteiger partial charge in [-0.05, 0) is 5.92 Å². The summed E-state index contributed by atoms with van der Waals surface area (Å²) < 4.78 is 5.12. The summed E-state index contributed by atoms with van der Waals surface area (Å²) >= 11 is 0. The van der Waals surface area contributed by atoms with E-state index in [-0.39, 0.29) is 12.7 Å². The highest BCUT2D eigenvalue weighted by Gasteiger charge is 2.06. The summed E-state index contributed by atoms with van der Waals surface area (Å²) in [7, 11) is 1.67. The molecule has 0 aliphatic rings. The molecule has 0 bridgehead atoms. The Morgan fingerprint density at radius 2 is 2.10 bits per heavy atom. The maximum Gasteiger partial charge on any atom is 0.0775 e. The first-order valence-corrected chi connectivity index (χ1v) is 3.52. The zero-order chi connectivity index (χ0) is 7.98. The third-order valence-corrected chi connectivity index (χ3v) is 1.36. The molecular formula is C8H16O2. The molecule has 0 fully saturated rings. The maximum atomic E-state index is 8.45.